The first-order valence-corrected chi connectivity index (χ1v) is 10.4. The number of nitrogens with zero attached hydrogens (tertiary/aromatic N) is 1. The molecule has 0 saturated carbocycles. The van der Waals surface area contributed by atoms with Crippen molar-refractivity contribution in [3.8, 4) is 0 Å². The van der Waals surface area contributed by atoms with Gasteiger partial charge in [0.25, 0.3) is 0 Å². The van der Waals surface area contributed by atoms with Gasteiger partial charge in [-0.2, -0.15) is 0 Å². The van der Waals surface area contributed by atoms with Crippen LogP contribution in [0.4, 0.5) is 4.39 Å². The summed E-state index contributed by atoms with van der Waals surface area (Å²) < 4.78 is 13.5. The highest BCUT2D eigenvalue weighted by Gasteiger charge is 2.14. The minimum Gasteiger partial charge on any atom is -0.314 e. The van der Waals surface area contributed by atoms with Crippen molar-refractivity contribution in [1.82, 2.24) is 5.32 Å². The quantitative estimate of drug-likeness (QED) is 0.325. The van der Waals surface area contributed by atoms with Gasteiger partial charge in [0, 0.05) is 17.7 Å². The molecule has 3 rings (SSSR count). The largest absolute Gasteiger partial charge is 0.314 e. The fourth-order valence-corrected chi connectivity index (χ4v) is 3.33. The average molecular weight is 389 g/mol. The monoisotopic (exact) mass is 388 g/mol. The van der Waals surface area contributed by atoms with Crippen LogP contribution in [0, 0.1) is 5.82 Å². The summed E-state index contributed by atoms with van der Waals surface area (Å²) in [6.07, 6.45) is 3.57. The minimum atomic E-state index is -0.223. The van der Waals surface area contributed by atoms with E-state index >= 15 is 0 Å². The lowest BCUT2D eigenvalue weighted by atomic mass is 10.0. The molecule has 3 aromatic carbocycles. The van der Waals surface area contributed by atoms with Crippen LogP contribution in [0.3, 0.4) is 0 Å². The highest BCUT2D eigenvalue weighted by Crippen LogP contribution is 2.21. The molecule has 3 aromatic rings. The standard InChI is InChI=1S/C26H29FN2/c1-2-3-10-19-28-20-25(21-15-17-24(27)18-16-21)29-26(22-11-6-4-7-12-22)23-13-8-5-9-14-23/h4-9,11-18,25,28H,2-3,10,19-20H2,1H3. The van der Waals surface area contributed by atoms with E-state index in [4.69, 9.17) is 4.99 Å². The molecule has 0 bridgehead atoms. The first-order chi connectivity index (χ1) is 14.3. The Hall–Kier alpha value is -2.78. The molecule has 0 fully saturated rings. The highest BCUT2D eigenvalue weighted by atomic mass is 19.1. The van der Waals surface area contributed by atoms with Crippen LogP contribution in [0.25, 0.3) is 0 Å². The van der Waals surface area contributed by atoms with Gasteiger partial charge in [-0.3, -0.25) is 4.99 Å². The molecular weight excluding hydrogens is 359 g/mol. The van der Waals surface area contributed by atoms with Crippen LogP contribution in [-0.2, 0) is 0 Å². The van der Waals surface area contributed by atoms with Crippen molar-refractivity contribution < 1.29 is 4.39 Å². The molecule has 1 N–H and O–H groups in total. The Morgan fingerprint density at radius 2 is 1.41 bits per heavy atom. The summed E-state index contributed by atoms with van der Waals surface area (Å²) in [5.41, 5.74) is 4.13. The number of benzene rings is 3. The van der Waals surface area contributed by atoms with Gasteiger partial charge in [0.2, 0.25) is 0 Å². The predicted octanol–water partition coefficient (Wildman–Crippen LogP) is 6.18. The van der Waals surface area contributed by atoms with Crippen molar-refractivity contribution in [1.29, 1.82) is 0 Å². The molecule has 2 nitrogen and oxygen atoms in total. The topological polar surface area (TPSA) is 24.4 Å². The van der Waals surface area contributed by atoms with E-state index in [9.17, 15) is 4.39 Å². The number of unbranched alkanes of at least 4 members (excludes halogenated alkanes) is 2. The van der Waals surface area contributed by atoms with Gasteiger partial charge in [0.15, 0.2) is 0 Å². The second kappa shape index (κ2) is 11.3. The molecular formula is C26H29FN2. The van der Waals surface area contributed by atoms with Crippen LogP contribution in [0.15, 0.2) is 89.9 Å². The summed E-state index contributed by atoms with van der Waals surface area (Å²) in [4.78, 5) is 5.17. The zero-order valence-electron chi connectivity index (χ0n) is 17.0. The lowest BCUT2D eigenvalue weighted by Gasteiger charge is -2.17. The molecule has 0 aliphatic heterocycles. The van der Waals surface area contributed by atoms with Gasteiger partial charge in [0.05, 0.1) is 11.8 Å². The van der Waals surface area contributed by atoms with Gasteiger partial charge >= 0.3 is 0 Å². The first kappa shape index (κ1) is 20.9. The first-order valence-electron chi connectivity index (χ1n) is 10.4. The molecule has 0 heterocycles. The number of halogens is 1. The van der Waals surface area contributed by atoms with E-state index in [0.29, 0.717) is 0 Å². The Morgan fingerprint density at radius 3 is 1.97 bits per heavy atom. The molecule has 0 saturated heterocycles. The molecule has 150 valence electrons. The third-order valence-electron chi connectivity index (χ3n) is 4.93. The summed E-state index contributed by atoms with van der Waals surface area (Å²) in [5.74, 6) is -0.223. The highest BCUT2D eigenvalue weighted by molar-refractivity contribution is 6.13. The van der Waals surface area contributed by atoms with Gasteiger partial charge in [-0.15, -0.1) is 0 Å². The van der Waals surface area contributed by atoms with Crippen molar-refractivity contribution in [3.63, 3.8) is 0 Å². The summed E-state index contributed by atoms with van der Waals surface area (Å²) >= 11 is 0. The van der Waals surface area contributed by atoms with Crippen molar-refractivity contribution in [3.05, 3.63) is 107 Å². The van der Waals surface area contributed by atoms with Gasteiger partial charge in [-0.1, -0.05) is 92.6 Å². The van der Waals surface area contributed by atoms with Crippen LogP contribution < -0.4 is 5.32 Å². The van der Waals surface area contributed by atoms with Crippen molar-refractivity contribution in [2.45, 2.75) is 32.2 Å². The number of hydrogen-bond donors (Lipinski definition) is 1. The predicted molar refractivity (Wildman–Crippen MR) is 120 cm³/mol. The van der Waals surface area contributed by atoms with Gasteiger partial charge < -0.3 is 5.32 Å². The molecule has 29 heavy (non-hydrogen) atoms. The fraction of sp³-hybridized carbons (Fsp3) is 0.269. The molecule has 1 atom stereocenters. The Labute approximate surface area is 173 Å². The molecule has 0 aromatic heterocycles. The number of hydrogen-bond acceptors (Lipinski definition) is 2. The van der Waals surface area contributed by atoms with Crippen LogP contribution >= 0.6 is 0 Å². The Morgan fingerprint density at radius 1 is 0.828 bits per heavy atom. The Balaban J connectivity index is 1.94. The van der Waals surface area contributed by atoms with E-state index in [1.165, 1.54) is 25.0 Å². The molecule has 0 spiro atoms. The van der Waals surface area contributed by atoms with E-state index < -0.39 is 0 Å². The fourth-order valence-electron chi connectivity index (χ4n) is 3.33. The number of nitrogens with one attached hydrogen (secondary N) is 1. The maximum atomic E-state index is 13.5. The minimum absolute atomic E-state index is 0.0901. The van der Waals surface area contributed by atoms with Crippen LogP contribution in [-0.4, -0.2) is 18.8 Å². The molecule has 3 heteroatoms. The molecule has 0 radical (unpaired) electrons. The van der Waals surface area contributed by atoms with Gasteiger partial charge in [-0.25, -0.2) is 4.39 Å². The van der Waals surface area contributed by atoms with Crippen LogP contribution in [0.5, 0.6) is 0 Å². The Kier molecular flexibility index (Phi) is 8.14. The van der Waals surface area contributed by atoms with E-state index in [-0.39, 0.29) is 11.9 Å². The lowest BCUT2D eigenvalue weighted by molar-refractivity contribution is 0.567. The second-order valence-corrected chi connectivity index (χ2v) is 7.19. The molecule has 0 aliphatic carbocycles. The van der Waals surface area contributed by atoms with Crippen LogP contribution in [0.2, 0.25) is 0 Å². The van der Waals surface area contributed by atoms with Crippen molar-refractivity contribution >= 4 is 5.71 Å². The van der Waals surface area contributed by atoms with Gasteiger partial charge in [-0.05, 0) is 30.7 Å². The van der Waals surface area contributed by atoms with E-state index in [1.54, 1.807) is 0 Å². The molecule has 1 unspecified atom stereocenters. The molecule has 0 aliphatic rings. The summed E-state index contributed by atoms with van der Waals surface area (Å²) in [7, 11) is 0. The maximum absolute atomic E-state index is 13.5. The van der Waals surface area contributed by atoms with Crippen molar-refractivity contribution in [2.24, 2.45) is 4.99 Å². The lowest BCUT2D eigenvalue weighted by Crippen LogP contribution is -2.23. The Bertz CT molecular complexity index is 832. The van der Waals surface area contributed by atoms with Gasteiger partial charge in [0.1, 0.15) is 5.82 Å². The molecule has 0 amide bonds. The van der Waals surface area contributed by atoms with E-state index in [0.717, 1.165) is 41.9 Å². The third kappa shape index (κ3) is 6.37. The number of aliphatic imine (C=N–C) groups is 1. The zero-order valence-corrected chi connectivity index (χ0v) is 17.0. The smallest absolute Gasteiger partial charge is 0.123 e. The summed E-state index contributed by atoms with van der Waals surface area (Å²) in [5, 5.41) is 3.54. The van der Waals surface area contributed by atoms with E-state index in [1.807, 2.05) is 48.5 Å². The SMILES string of the molecule is CCCCCNCC(N=C(c1ccccc1)c1ccccc1)c1ccc(F)cc1. The normalized spacial score (nSPS) is 11.8. The van der Waals surface area contributed by atoms with Crippen molar-refractivity contribution in [2.75, 3.05) is 13.1 Å². The zero-order chi connectivity index (χ0) is 20.3. The average Bonchev–Trinajstić information content (AvgIpc) is 2.77. The second-order valence-electron chi connectivity index (χ2n) is 7.19. The van der Waals surface area contributed by atoms with Crippen LogP contribution in [0.1, 0.15) is 48.9 Å². The van der Waals surface area contributed by atoms with E-state index in [2.05, 4.69) is 36.5 Å². The third-order valence-corrected chi connectivity index (χ3v) is 4.93. The summed E-state index contributed by atoms with van der Waals surface area (Å²) in [6, 6.07) is 27.1. The number of rotatable bonds is 10. The maximum Gasteiger partial charge on any atom is 0.123 e. The summed E-state index contributed by atoms with van der Waals surface area (Å²) in [6.45, 7) is 3.89.